The average molecular weight is 190 g/mol. The van der Waals surface area contributed by atoms with E-state index in [1.54, 1.807) is 4.90 Å². The van der Waals surface area contributed by atoms with E-state index in [0.29, 0.717) is 0 Å². The normalized spacial score (nSPS) is 17.3. The Balaban J connectivity index is 1.90. The number of hydrogen-bond acceptors (Lipinski definition) is 2. The fourth-order valence-electron chi connectivity index (χ4n) is 1.72. The van der Waals surface area contributed by atoms with Crippen LogP contribution in [0.4, 0.5) is 0 Å². The van der Waals surface area contributed by atoms with Gasteiger partial charge in [0.25, 0.3) is 0 Å². The number of carbonyl (C=O) groups excluding carboxylic acids is 1. The highest BCUT2D eigenvalue weighted by atomic mass is 16.1. The van der Waals surface area contributed by atoms with Gasteiger partial charge in [-0.3, -0.25) is 9.69 Å². The summed E-state index contributed by atoms with van der Waals surface area (Å²) in [5.74, 6) is 0. The third-order valence-electron chi connectivity index (χ3n) is 2.48. The first-order valence-corrected chi connectivity index (χ1v) is 4.84. The van der Waals surface area contributed by atoms with Crippen molar-refractivity contribution < 1.29 is 4.79 Å². The summed E-state index contributed by atoms with van der Waals surface area (Å²) < 4.78 is 0. The van der Waals surface area contributed by atoms with Gasteiger partial charge in [-0.2, -0.15) is 0 Å². The molecule has 14 heavy (non-hydrogen) atoms. The van der Waals surface area contributed by atoms with Gasteiger partial charge in [-0.1, -0.05) is 30.3 Å². The molecule has 0 aliphatic carbocycles. The van der Waals surface area contributed by atoms with E-state index in [9.17, 15) is 4.79 Å². The van der Waals surface area contributed by atoms with Gasteiger partial charge in [0.1, 0.15) is 0 Å². The van der Waals surface area contributed by atoms with Crippen molar-refractivity contribution in [1.82, 2.24) is 9.80 Å². The van der Waals surface area contributed by atoms with Gasteiger partial charge in [0, 0.05) is 19.6 Å². The van der Waals surface area contributed by atoms with Crippen LogP contribution in [0.15, 0.2) is 30.3 Å². The van der Waals surface area contributed by atoms with E-state index in [1.165, 1.54) is 5.56 Å². The second kappa shape index (κ2) is 4.24. The van der Waals surface area contributed by atoms with E-state index in [2.05, 4.69) is 17.0 Å². The van der Waals surface area contributed by atoms with Gasteiger partial charge in [-0.05, 0) is 5.56 Å². The van der Waals surface area contributed by atoms with Gasteiger partial charge in [0.2, 0.25) is 6.41 Å². The lowest BCUT2D eigenvalue weighted by Crippen LogP contribution is -2.24. The standard InChI is InChI=1S/C11H14N2O/c14-10-13-7-6-12(9-13)8-11-4-2-1-3-5-11/h1-5,10H,6-9H2. The molecule has 2 rings (SSSR count). The van der Waals surface area contributed by atoms with E-state index in [1.807, 2.05) is 18.2 Å². The van der Waals surface area contributed by atoms with E-state index in [0.717, 1.165) is 32.7 Å². The fraction of sp³-hybridized carbons (Fsp3) is 0.364. The Kier molecular flexibility index (Phi) is 2.79. The summed E-state index contributed by atoms with van der Waals surface area (Å²) in [4.78, 5) is 14.6. The van der Waals surface area contributed by atoms with Crippen LogP contribution < -0.4 is 0 Å². The van der Waals surface area contributed by atoms with Crippen LogP contribution in [-0.4, -0.2) is 36.0 Å². The molecule has 0 N–H and O–H groups in total. The minimum atomic E-state index is 0.762. The molecular weight excluding hydrogens is 176 g/mol. The maximum absolute atomic E-state index is 10.5. The van der Waals surface area contributed by atoms with Gasteiger partial charge in [-0.25, -0.2) is 0 Å². The lowest BCUT2D eigenvalue weighted by atomic mass is 10.2. The molecule has 1 saturated heterocycles. The molecule has 1 heterocycles. The predicted octanol–water partition coefficient (Wildman–Crippen LogP) is 0.918. The van der Waals surface area contributed by atoms with Crippen molar-refractivity contribution in [1.29, 1.82) is 0 Å². The summed E-state index contributed by atoms with van der Waals surface area (Å²) in [6.07, 6.45) is 0.922. The third-order valence-corrected chi connectivity index (χ3v) is 2.48. The SMILES string of the molecule is O=CN1CCN(Cc2ccccc2)C1. The highest BCUT2D eigenvalue weighted by molar-refractivity contribution is 5.47. The molecule has 1 aliphatic heterocycles. The third kappa shape index (κ3) is 2.12. The van der Waals surface area contributed by atoms with Gasteiger partial charge >= 0.3 is 0 Å². The topological polar surface area (TPSA) is 23.6 Å². The first kappa shape index (κ1) is 9.21. The first-order chi connectivity index (χ1) is 6.88. The minimum absolute atomic E-state index is 0.762. The van der Waals surface area contributed by atoms with Crippen molar-refractivity contribution in [3.63, 3.8) is 0 Å². The Hall–Kier alpha value is -1.35. The molecule has 0 atom stereocenters. The Bertz CT molecular complexity index is 299. The van der Waals surface area contributed by atoms with E-state index < -0.39 is 0 Å². The smallest absolute Gasteiger partial charge is 0.210 e. The molecule has 0 unspecified atom stereocenters. The fourth-order valence-corrected chi connectivity index (χ4v) is 1.72. The summed E-state index contributed by atoms with van der Waals surface area (Å²) in [6, 6.07) is 10.3. The zero-order chi connectivity index (χ0) is 9.80. The lowest BCUT2D eigenvalue weighted by molar-refractivity contribution is -0.117. The number of hydrogen-bond donors (Lipinski definition) is 0. The molecule has 74 valence electrons. The number of benzene rings is 1. The number of nitrogens with zero attached hydrogens (tertiary/aromatic N) is 2. The molecule has 0 radical (unpaired) electrons. The molecule has 1 aromatic rings. The molecular formula is C11H14N2O. The van der Waals surface area contributed by atoms with Crippen molar-refractivity contribution in [3.8, 4) is 0 Å². The van der Waals surface area contributed by atoms with Crippen molar-refractivity contribution in [2.75, 3.05) is 19.8 Å². The molecule has 3 nitrogen and oxygen atoms in total. The summed E-state index contributed by atoms with van der Waals surface area (Å²) in [5, 5.41) is 0. The van der Waals surface area contributed by atoms with Crippen LogP contribution in [0.1, 0.15) is 5.56 Å². The van der Waals surface area contributed by atoms with Crippen molar-refractivity contribution in [3.05, 3.63) is 35.9 Å². The molecule has 0 aromatic heterocycles. The Morgan fingerprint density at radius 3 is 2.64 bits per heavy atom. The monoisotopic (exact) mass is 190 g/mol. The molecule has 0 bridgehead atoms. The Labute approximate surface area is 83.9 Å². The Morgan fingerprint density at radius 1 is 1.21 bits per heavy atom. The molecule has 0 saturated carbocycles. The maximum Gasteiger partial charge on any atom is 0.210 e. The van der Waals surface area contributed by atoms with Crippen molar-refractivity contribution >= 4 is 6.41 Å². The largest absolute Gasteiger partial charge is 0.331 e. The van der Waals surface area contributed by atoms with E-state index >= 15 is 0 Å². The molecule has 1 aliphatic rings. The van der Waals surface area contributed by atoms with Crippen LogP contribution in [0.3, 0.4) is 0 Å². The van der Waals surface area contributed by atoms with Gasteiger partial charge in [-0.15, -0.1) is 0 Å². The van der Waals surface area contributed by atoms with Crippen LogP contribution in [0, 0.1) is 0 Å². The van der Waals surface area contributed by atoms with Crippen LogP contribution in [-0.2, 0) is 11.3 Å². The van der Waals surface area contributed by atoms with E-state index in [4.69, 9.17) is 0 Å². The average Bonchev–Trinajstić information content (AvgIpc) is 2.67. The highest BCUT2D eigenvalue weighted by Crippen LogP contribution is 2.08. The quantitative estimate of drug-likeness (QED) is 0.662. The van der Waals surface area contributed by atoms with Crippen LogP contribution in [0.25, 0.3) is 0 Å². The summed E-state index contributed by atoms with van der Waals surface area (Å²) in [6.45, 7) is 3.54. The second-order valence-electron chi connectivity index (χ2n) is 3.60. The number of amides is 1. The van der Waals surface area contributed by atoms with Gasteiger partial charge < -0.3 is 4.90 Å². The summed E-state index contributed by atoms with van der Waals surface area (Å²) in [5.41, 5.74) is 1.31. The second-order valence-corrected chi connectivity index (χ2v) is 3.60. The molecule has 0 spiro atoms. The van der Waals surface area contributed by atoms with Gasteiger partial charge in [0.05, 0.1) is 6.67 Å². The zero-order valence-electron chi connectivity index (χ0n) is 8.10. The van der Waals surface area contributed by atoms with Crippen LogP contribution in [0.2, 0.25) is 0 Å². The predicted molar refractivity (Wildman–Crippen MR) is 54.5 cm³/mol. The molecule has 1 aromatic carbocycles. The van der Waals surface area contributed by atoms with Crippen molar-refractivity contribution in [2.24, 2.45) is 0 Å². The molecule has 1 amide bonds. The van der Waals surface area contributed by atoms with Crippen LogP contribution >= 0.6 is 0 Å². The maximum atomic E-state index is 10.5. The minimum Gasteiger partial charge on any atom is -0.331 e. The number of carbonyl (C=O) groups is 1. The first-order valence-electron chi connectivity index (χ1n) is 4.84. The summed E-state index contributed by atoms with van der Waals surface area (Å²) >= 11 is 0. The molecule has 1 fully saturated rings. The Morgan fingerprint density at radius 2 is 2.00 bits per heavy atom. The van der Waals surface area contributed by atoms with E-state index in [-0.39, 0.29) is 0 Å². The summed E-state index contributed by atoms with van der Waals surface area (Å²) in [7, 11) is 0. The van der Waals surface area contributed by atoms with Crippen LogP contribution in [0.5, 0.6) is 0 Å². The highest BCUT2D eigenvalue weighted by Gasteiger charge is 2.17. The van der Waals surface area contributed by atoms with Crippen molar-refractivity contribution in [2.45, 2.75) is 6.54 Å². The van der Waals surface area contributed by atoms with Gasteiger partial charge in [0.15, 0.2) is 0 Å². The lowest BCUT2D eigenvalue weighted by Gasteiger charge is -2.14. The number of rotatable bonds is 3. The zero-order valence-corrected chi connectivity index (χ0v) is 8.10. The molecule has 3 heteroatoms.